The number of rotatable bonds is 2. The fourth-order valence-electron chi connectivity index (χ4n) is 1.51. The van der Waals surface area contributed by atoms with E-state index in [1.54, 1.807) is 6.92 Å². The quantitative estimate of drug-likeness (QED) is 0.693. The van der Waals surface area contributed by atoms with E-state index in [1.807, 2.05) is 30.3 Å². The standard InChI is InChI=1S/C11H8N4OS/c1-7-12-11(14-16-7)10-9(13-15-17-10)8-5-3-2-4-6-8/h2-6H,1H3. The molecule has 0 spiro atoms. The zero-order valence-electron chi connectivity index (χ0n) is 8.99. The average Bonchev–Trinajstić information content (AvgIpc) is 2.98. The molecule has 84 valence electrons. The Bertz CT molecular complexity index is 632. The molecule has 0 aliphatic heterocycles. The molecular weight excluding hydrogens is 236 g/mol. The summed E-state index contributed by atoms with van der Waals surface area (Å²) in [6.45, 7) is 1.76. The predicted octanol–water partition coefficient (Wildman–Crippen LogP) is 2.56. The van der Waals surface area contributed by atoms with Crippen LogP contribution in [0.1, 0.15) is 5.89 Å². The molecule has 2 heterocycles. The maximum absolute atomic E-state index is 4.97. The molecule has 0 saturated heterocycles. The summed E-state index contributed by atoms with van der Waals surface area (Å²) in [5.74, 6) is 1.07. The van der Waals surface area contributed by atoms with Crippen molar-refractivity contribution in [3.05, 3.63) is 36.2 Å². The van der Waals surface area contributed by atoms with Gasteiger partial charge in [-0.3, -0.25) is 0 Å². The van der Waals surface area contributed by atoms with Gasteiger partial charge in [0.1, 0.15) is 10.6 Å². The van der Waals surface area contributed by atoms with Crippen LogP contribution in [0.15, 0.2) is 34.9 Å². The van der Waals surface area contributed by atoms with E-state index in [1.165, 1.54) is 11.5 Å². The van der Waals surface area contributed by atoms with Crippen LogP contribution in [0.4, 0.5) is 0 Å². The van der Waals surface area contributed by atoms with E-state index in [-0.39, 0.29) is 0 Å². The molecule has 6 heteroatoms. The Morgan fingerprint density at radius 2 is 2.00 bits per heavy atom. The summed E-state index contributed by atoms with van der Waals surface area (Å²) in [6, 6.07) is 9.84. The molecule has 0 aliphatic rings. The van der Waals surface area contributed by atoms with Crippen molar-refractivity contribution in [3.63, 3.8) is 0 Å². The minimum atomic E-state index is 0.535. The highest BCUT2D eigenvalue weighted by molar-refractivity contribution is 7.09. The van der Waals surface area contributed by atoms with Crippen molar-refractivity contribution < 1.29 is 4.52 Å². The van der Waals surface area contributed by atoms with Gasteiger partial charge in [0, 0.05) is 12.5 Å². The second-order valence-corrected chi connectivity index (χ2v) is 4.21. The zero-order valence-corrected chi connectivity index (χ0v) is 9.81. The topological polar surface area (TPSA) is 64.7 Å². The van der Waals surface area contributed by atoms with E-state index in [2.05, 4.69) is 19.7 Å². The molecule has 17 heavy (non-hydrogen) atoms. The lowest BCUT2D eigenvalue weighted by atomic mass is 10.1. The smallest absolute Gasteiger partial charge is 0.223 e. The van der Waals surface area contributed by atoms with E-state index in [4.69, 9.17) is 4.52 Å². The number of benzene rings is 1. The number of aromatic nitrogens is 4. The molecule has 1 aromatic carbocycles. The van der Waals surface area contributed by atoms with Crippen LogP contribution < -0.4 is 0 Å². The highest BCUT2D eigenvalue weighted by Gasteiger charge is 2.16. The van der Waals surface area contributed by atoms with Gasteiger partial charge in [-0.15, -0.1) is 5.10 Å². The van der Waals surface area contributed by atoms with Crippen molar-refractivity contribution >= 4 is 11.5 Å². The first-order chi connectivity index (χ1) is 8.34. The van der Waals surface area contributed by atoms with Crippen LogP contribution in [0.3, 0.4) is 0 Å². The van der Waals surface area contributed by atoms with Gasteiger partial charge in [0.2, 0.25) is 11.7 Å². The van der Waals surface area contributed by atoms with Gasteiger partial charge in [-0.05, 0) is 11.5 Å². The Balaban J connectivity index is 2.12. The van der Waals surface area contributed by atoms with Crippen molar-refractivity contribution in [2.24, 2.45) is 0 Å². The Kier molecular flexibility index (Phi) is 2.41. The summed E-state index contributed by atoms with van der Waals surface area (Å²) in [6.07, 6.45) is 0. The molecule has 0 bridgehead atoms. The van der Waals surface area contributed by atoms with Crippen LogP contribution in [0.2, 0.25) is 0 Å². The highest BCUT2D eigenvalue weighted by atomic mass is 32.1. The molecular formula is C11H8N4OS. The Morgan fingerprint density at radius 1 is 1.18 bits per heavy atom. The maximum atomic E-state index is 4.97. The normalized spacial score (nSPS) is 10.6. The zero-order chi connectivity index (χ0) is 11.7. The van der Waals surface area contributed by atoms with Crippen molar-refractivity contribution in [1.82, 2.24) is 19.7 Å². The van der Waals surface area contributed by atoms with Crippen LogP contribution in [-0.2, 0) is 0 Å². The predicted molar refractivity (Wildman–Crippen MR) is 63.4 cm³/mol. The third kappa shape index (κ3) is 1.83. The fraction of sp³-hybridized carbons (Fsp3) is 0.0909. The second-order valence-electron chi connectivity index (χ2n) is 3.45. The average molecular weight is 244 g/mol. The summed E-state index contributed by atoms with van der Waals surface area (Å²) >= 11 is 1.26. The molecule has 0 unspecified atom stereocenters. The number of hydrogen-bond donors (Lipinski definition) is 0. The largest absolute Gasteiger partial charge is 0.339 e. The molecule has 2 aromatic heterocycles. The molecule has 0 saturated carbocycles. The number of nitrogens with zero attached hydrogens (tertiary/aromatic N) is 4. The second kappa shape index (κ2) is 4.06. The van der Waals surface area contributed by atoms with Crippen molar-refractivity contribution in [3.8, 4) is 22.0 Å². The van der Waals surface area contributed by atoms with Crippen LogP contribution >= 0.6 is 11.5 Å². The molecule has 0 aliphatic carbocycles. The Labute approximate surface area is 101 Å². The van der Waals surface area contributed by atoms with E-state index < -0.39 is 0 Å². The van der Waals surface area contributed by atoms with Gasteiger partial charge >= 0.3 is 0 Å². The molecule has 3 aromatic rings. The molecule has 5 nitrogen and oxygen atoms in total. The first-order valence-electron chi connectivity index (χ1n) is 5.03. The van der Waals surface area contributed by atoms with E-state index in [0.717, 1.165) is 16.1 Å². The molecule has 3 rings (SSSR count). The fourth-order valence-corrected chi connectivity index (χ4v) is 2.13. The minimum absolute atomic E-state index is 0.535. The lowest BCUT2D eigenvalue weighted by molar-refractivity contribution is 0.394. The van der Waals surface area contributed by atoms with Gasteiger partial charge in [0.15, 0.2) is 0 Å². The van der Waals surface area contributed by atoms with Gasteiger partial charge in [-0.1, -0.05) is 40.0 Å². The third-order valence-corrected chi connectivity index (χ3v) is 2.99. The summed E-state index contributed by atoms with van der Waals surface area (Å²) in [5, 5.41) is 8.01. The maximum Gasteiger partial charge on any atom is 0.223 e. The van der Waals surface area contributed by atoms with Crippen LogP contribution in [0, 0.1) is 6.92 Å². The van der Waals surface area contributed by atoms with Crippen molar-refractivity contribution in [2.75, 3.05) is 0 Å². The van der Waals surface area contributed by atoms with E-state index in [0.29, 0.717) is 11.7 Å². The lowest BCUT2D eigenvalue weighted by Gasteiger charge is -1.96. The first-order valence-corrected chi connectivity index (χ1v) is 5.80. The van der Waals surface area contributed by atoms with E-state index >= 15 is 0 Å². The highest BCUT2D eigenvalue weighted by Crippen LogP contribution is 2.30. The number of hydrogen-bond acceptors (Lipinski definition) is 6. The molecule has 0 radical (unpaired) electrons. The molecule has 0 amide bonds. The van der Waals surface area contributed by atoms with Gasteiger partial charge in [0.25, 0.3) is 0 Å². The van der Waals surface area contributed by atoms with E-state index in [9.17, 15) is 0 Å². The van der Waals surface area contributed by atoms with Gasteiger partial charge in [0.05, 0.1) is 0 Å². The molecule has 0 atom stereocenters. The monoisotopic (exact) mass is 244 g/mol. The summed E-state index contributed by atoms with van der Waals surface area (Å²) in [5.41, 5.74) is 1.79. The van der Waals surface area contributed by atoms with Crippen molar-refractivity contribution in [1.29, 1.82) is 0 Å². The SMILES string of the molecule is Cc1nc(-c2snnc2-c2ccccc2)no1. The van der Waals surface area contributed by atoms with Gasteiger partial charge < -0.3 is 4.52 Å². The first kappa shape index (κ1) is 10.1. The summed E-state index contributed by atoms with van der Waals surface area (Å²) in [7, 11) is 0. The van der Waals surface area contributed by atoms with Gasteiger partial charge in [-0.2, -0.15) is 4.98 Å². The molecule has 0 N–H and O–H groups in total. The lowest BCUT2D eigenvalue weighted by Crippen LogP contribution is -1.83. The Hall–Kier alpha value is -2.08. The van der Waals surface area contributed by atoms with Crippen molar-refractivity contribution in [2.45, 2.75) is 6.92 Å². The Morgan fingerprint density at radius 3 is 2.71 bits per heavy atom. The molecule has 0 fully saturated rings. The van der Waals surface area contributed by atoms with Crippen LogP contribution in [0.5, 0.6) is 0 Å². The number of aryl methyl sites for hydroxylation is 1. The third-order valence-electron chi connectivity index (χ3n) is 2.27. The van der Waals surface area contributed by atoms with Crippen LogP contribution in [0.25, 0.3) is 22.0 Å². The summed E-state index contributed by atoms with van der Waals surface area (Å²) < 4.78 is 8.92. The summed E-state index contributed by atoms with van der Waals surface area (Å²) in [4.78, 5) is 5.02. The van der Waals surface area contributed by atoms with Gasteiger partial charge in [-0.25, -0.2) is 0 Å². The van der Waals surface area contributed by atoms with Crippen LogP contribution in [-0.4, -0.2) is 19.7 Å². The minimum Gasteiger partial charge on any atom is -0.339 e.